The molecule has 178 valence electrons. The molecule has 5 rings (SSSR count). The van der Waals surface area contributed by atoms with Crippen molar-refractivity contribution < 1.29 is 23.8 Å². The molecular formula is C29H27NO5. The van der Waals surface area contributed by atoms with Crippen LogP contribution in [-0.2, 0) is 9.59 Å². The highest BCUT2D eigenvalue weighted by molar-refractivity contribution is 6.02. The number of benzene rings is 3. The summed E-state index contributed by atoms with van der Waals surface area (Å²) in [6.45, 7) is 0. The zero-order chi connectivity index (χ0) is 24.4. The van der Waals surface area contributed by atoms with Gasteiger partial charge in [0.2, 0.25) is 5.91 Å². The van der Waals surface area contributed by atoms with Crippen LogP contribution in [0.15, 0.2) is 84.1 Å². The van der Waals surface area contributed by atoms with E-state index in [1.54, 1.807) is 14.2 Å². The Morgan fingerprint density at radius 2 is 1.51 bits per heavy atom. The van der Waals surface area contributed by atoms with Crippen LogP contribution < -0.4 is 19.5 Å². The van der Waals surface area contributed by atoms with Crippen molar-refractivity contribution in [2.45, 2.75) is 31.1 Å². The molecule has 0 bridgehead atoms. The number of allylic oxidation sites excluding steroid dienone is 2. The lowest BCUT2D eigenvalue weighted by molar-refractivity contribution is -0.122. The van der Waals surface area contributed by atoms with Crippen molar-refractivity contribution in [1.82, 2.24) is 5.32 Å². The fourth-order valence-electron chi connectivity index (χ4n) is 5.01. The molecule has 0 saturated carbocycles. The number of carbonyl (C=O) groups is 2. The summed E-state index contributed by atoms with van der Waals surface area (Å²) >= 11 is 0. The topological polar surface area (TPSA) is 73.9 Å². The second kappa shape index (κ2) is 9.66. The molecule has 1 heterocycles. The lowest BCUT2D eigenvalue weighted by atomic mass is 9.73. The fraction of sp³-hybridized carbons (Fsp3) is 0.241. The van der Waals surface area contributed by atoms with Crippen LogP contribution in [0.5, 0.6) is 23.0 Å². The molecule has 1 N–H and O–H groups in total. The average Bonchev–Trinajstić information content (AvgIpc) is 2.88. The zero-order valence-electron chi connectivity index (χ0n) is 19.7. The predicted octanol–water partition coefficient (Wildman–Crippen LogP) is 5.50. The van der Waals surface area contributed by atoms with E-state index in [2.05, 4.69) is 5.32 Å². The third-order valence-electron chi connectivity index (χ3n) is 6.65. The van der Waals surface area contributed by atoms with Crippen LogP contribution >= 0.6 is 0 Å². The molecule has 1 amide bonds. The maximum atomic E-state index is 13.5. The first kappa shape index (κ1) is 22.7. The van der Waals surface area contributed by atoms with Crippen LogP contribution in [0.25, 0.3) is 0 Å². The number of nitrogens with one attached hydrogen (secondary N) is 1. The molecule has 2 atom stereocenters. The van der Waals surface area contributed by atoms with Gasteiger partial charge >= 0.3 is 0 Å². The number of para-hydroxylation sites is 1. The van der Waals surface area contributed by atoms with E-state index >= 15 is 0 Å². The average molecular weight is 470 g/mol. The third-order valence-corrected chi connectivity index (χ3v) is 6.65. The van der Waals surface area contributed by atoms with Crippen LogP contribution in [-0.4, -0.2) is 25.9 Å². The highest BCUT2D eigenvalue weighted by atomic mass is 16.5. The molecule has 0 unspecified atom stereocenters. The number of carbonyl (C=O) groups excluding carboxylic acids is 2. The minimum absolute atomic E-state index is 0.0483. The molecule has 0 saturated heterocycles. The van der Waals surface area contributed by atoms with Gasteiger partial charge in [0, 0.05) is 30.0 Å². The molecule has 0 aromatic heterocycles. The maximum Gasteiger partial charge on any atom is 0.225 e. The van der Waals surface area contributed by atoms with Gasteiger partial charge in [-0.15, -0.1) is 0 Å². The van der Waals surface area contributed by atoms with Gasteiger partial charge in [-0.3, -0.25) is 9.59 Å². The van der Waals surface area contributed by atoms with Gasteiger partial charge in [-0.25, -0.2) is 0 Å². The van der Waals surface area contributed by atoms with Crippen LogP contribution in [0, 0.1) is 0 Å². The van der Waals surface area contributed by atoms with Crippen molar-refractivity contribution in [1.29, 1.82) is 0 Å². The van der Waals surface area contributed by atoms with Gasteiger partial charge in [-0.05, 0) is 59.9 Å². The summed E-state index contributed by atoms with van der Waals surface area (Å²) in [5.41, 5.74) is 3.31. The van der Waals surface area contributed by atoms with Gasteiger partial charge in [0.15, 0.2) is 17.3 Å². The van der Waals surface area contributed by atoms with Crippen LogP contribution in [0.2, 0.25) is 0 Å². The number of hydrogen-bond donors (Lipinski definition) is 1. The van der Waals surface area contributed by atoms with Gasteiger partial charge in [0.25, 0.3) is 0 Å². The Balaban J connectivity index is 1.45. The summed E-state index contributed by atoms with van der Waals surface area (Å²) in [5, 5.41) is 2.99. The highest BCUT2D eigenvalue weighted by Crippen LogP contribution is 2.44. The number of ether oxygens (including phenoxy) is 3. The minimum Gasteiger partial charge on any atom is -0.493 e. The molecule has 6 nitrogen and oxygen atoms in total. The Bertz CT molecular complexity index is 1300. The monoisotopic (exact) mass is 469 g/mol. The number of Topliss-reactive ketones (excluding diaryl/α,β-unsaturated/α-hetero) is 1. The van der Waals surface area contributed by atoms with Crippen molar-refractivity contribution in [3.63, 3.8) is 0 Å². The number of hydrogen-bond acceptors (Lipinski definition) is 5. The summed E-state index contributed by atoms with van der Waals surface area (Å²) in [5.74, 6) is 2.31. The maximum absolute atomic E-state index is 13.5. The summed E-state index contributed by atoms with van der Waals surface area (Å²) < 4.78 is 16.8. The summed E-state index contributed by atoms with van der Waals surface area (Å²) in [4.78, 5) is 26.1. The third kappa shape index (κ3) is 4.64. The minimum atomic E-state index is -0.295. The summed E-state index contributed by atoms with van der Waals surface area (Å²) in [6, 6.07) is 22.9. The van der Waals surface area contributed by atoms with Gasteiger partial charge in [0.1, 0.15) is 11.5 Å². The lowest BCUT2D eigenvalue weighted by Crippen LogP contribution is -2.38. The van der Waals surface area contributed by atoms with E-state index in [1.807, 2.05) is 72.8 Å². The molecule has 3 aromatic carbocycles. The molecule has 6 heteroatoms. The molecular weight excluding hydrogens is 442 g/mol. The van der Waals surface area contributed by atoms with Gasteiger partial charge in [0.05, 0.1) is 14.2 Å². The quantitative estimate of drug-likeness (QED) is 0.516. The Hall–Kier alpha value is -4.06. The van der Waals surface area contributed by atoms with Gasteiger partial charge in [-0.2, -0.15) is 0 Å². The first-order chi connectivity index (χ1) is 17.1. The van der Waals surface area contributed by atoms with Crippen molar-refractivity contribution in [2.75, 3.05) is 14.2 Å². The van der Waals surface area contributed by atoms with Crippen molar-refractivity contribution in [3.8, 4) is 23.0 Å². The largest absolute Gasteiger partial charge is 0.493 e. The van der Waals surface area contributed by atoms with E-state index in [9.17, 15) is 9.59 Å². The lowest BCUT2D eigenvalue weighted by Gasteiger charge is -2.34. The summed E-state index contributed by atoms with van der Waals surface area (Å²) in [6.07, 6.45) is 1.19. The van der Waals surface area contributed by atoms with Crippen LogP contribution in [0.4, 0.5) is 0 Å². The Morgan fingerprint density at radius 1 is 0.743 bits per heavy atom. The fourth-order valence-corrected chi connectivity index (χ4v) is 5.01. The molecule has 0 fully saturated rings. The molecule has 1 aliphatic carbocycles. The number of ketones is 1. The molecule has 3 aromatic rings. The molecule has 1 aliphatic heterocycles. The van der Waals surface area contributed by atoms with E-state index in [1.165, 1.54) is 0 Å². The van der Waals surface area contributed by atoms with E-state index in [-0.39, 0.29) is 29.9 Å². The first-order valence-electron chi connectivity index (χ1n) is 11.7. The normalized spacial score (nSPS) is 19.6. The van der Waals surface area contributed by atoms with E-state index in [4.69, 9.17) is 14.2 Å². The molecule has 2 aliphatic rings. The molecule has 0 radical (unpaired) electrons. The smallest absolute Gasteiger partial charge is 0.225 e. The Labute approximate surface area is 204 Å². The SMILES string of the molecule is COc1ccc([C@H]2CC(=O)C3=C(C2)NC(=O)C[C@@H]3c2cccc(Oc3ccccc3)c2)cc1OC. The second-order valence-corrected chi connectivity index (χ2v) is 8.83. The van der Waals surface area contributed by atoms with E-state index in [0.29, 0.717) is 35.7 Å². The number of rotatable bonds is 6. The van der Waals surface area contributed by atoms with Crippen molar-refractivity contribution in [3.05, 3.63) is 95.2 Å². The van der Waals surface area contributed by atoms with Crippen molar-refractivity contribution in [2.24, 2.45) is 0 Å². The van der Waals surface area contributed by atoms with E-state index in [0.717, 1.165) is 22.6 Å². The van der Waals surface area contributed by atoms with Crippen molar-refractivity contribution >= 4 is 11.7 Å². The van der Waals surface area contributed by atoms with E-state index < -0.39 is 0 Å². The molecule has 35 heavy (non-hydrogen) atoms. The summed E-state index contributed by atoms with van der Waals surface area (Å²) in [7, 11) is 3.19. The van der Waals surface area contributed by atoms with Gasteiger partial charge in [-0.1, -0.05) is 36.4 Å². The highest BCUT2D eigenvalue weighted by Gasteiger charge is 2.38. The number of methoxy groups -OCH3 is 2. The Morgan fingerprint density at radius 3 is 2.29 bits per heavy atom. The zero-order valence-corrected chi connectivity index (χ0v) is 19.7. The predicted molar refractivity (Wildman–Crippen MR) is 132 cm³/mol. The van der Waals surface area contributed by atoms with Crippen LogP contribution in [0.1, 0.15) is 42.2 Å². The molecule has 0 spiro atoms. The second-order valence-electron chi connectivity index (χ2n) is 8.83. The Kier molecular flexibility index (Phi) is 6.27. The van der Waals surface area contributed by atoms with Gasteiger partial charge < -0.3 is 19.5 Å². The first-order valence-corrected chi connectivity index (χ1v) is 11.7. The standard InChI is InChI=1S/C29H27NO5/c1-33-26-12-11-18(16-27(26)34-2)20-14-24-29(25(31)15-20)23(17-28(32)30-24)19-7-6-10-22(13-19)35-21-8-4-3-5-9-21/h3-13,16,20,23H,14-15,17H2,1-2H3,(H,30,32)/t20-,23-/m1/s1. The number of amides is 1. The van der Waals surface area contributed by atoms with Crippen LogP contribution in [0.3, 0.4) is 0 Å².